The summed E-state index contributed by atoms with van der Waals surface area (Å²) in [6.45, 7) is 4.92. The molecule has 0 radical (unpaired) electrons. The molecule has 0 spiro atoms. The van der Waals surface area contributed by atoms with Gasteiger partial charge < -0.3 is 23.5 Å². The first kappa shape index (κ1) is 30.2. The molecular formula is C32H34F3N3O5. The summed E-state index contributed by atoms with van der Waals surface area (Å²) in [6.07, 6.45) is -4.31. The van der Waals surface area contributed by atoms with Crippen LogP contribution in [0.25, 0.3) is 11.3 Å². The van der Waals surface area contributed by atoms with Crippen LogP contribution < -0.4 is 18.9 Å². The summed E-state index contributed by atoms with van der Waals surface area (Å²) in [5.74, 6) is 3.04. The smallest absolute Gasteiger partial charge is 0.416 e. The summed E-state index contributed by atoms with van der Waals surface area (Å²) >= 11 is 0. The molecule has 5 rings (SSSR count). The van der Waals surface area contributed by atoms with Crippen LogP contribution in [-0.2, 0) is 25.9 Å². The van der Waals surface area contributed by atoms with Gasteiger partial charge in [0.2, 0.25) is 5.75 Å². The summed E-state index contributed by atoms with van der Waals surface area (Å²) in [4.78, 5) is 4.55. The van der Waals surface area contributed by atoms with Gasteiger partial charge in [-0.15, -0.1) is 0 Å². The van der Waals surface area contributed by atoms with Crippen LogP contribution in [0.15, 0.2) is 71.3 Å². The first-order valence-electron chi connectivity index (χ1n) is 13.8. The van der Waals surface area contributed by atoms with Crippen molar-refractivity contribution < 1.29 is 36.6 Å². The number of ether oxygens (including phenoxy) is 4. The fraction of sp³-hybridized carbons (Fsp3) is 0.344. The Hall–Kier alpha value is -4.22. The molecule has 3 aromatic carbocycles. The molecule has 0 unspecified atom stereocenters. The Balaban J connectivity index is 1.10. The zero-order chi connectivity index (χ0) is 30.4. The largest absolute Gasteiger partial charge is 0.493 e. The van der Waals surface area contributed by atoms with Crippen LogP contribution in [-0.4, -0.2) is 62.5 Å². The SMILES string of the molecule is COc1cc(COc2ccc(-c3cc(CN4CCN(Cc5ccc(C(F)(F)F)cc5)CC4)no3)cc2)cc(OC)c1OC. The van der Waals surface area contributed by atoms with Gasteiger partial charge in [0.15, 0.2) is 17.3 Å². The summed E-state index contributed by atoms with van der Waals surface area (Å²) < 4.78 is 66.2. The number of methoxy groups -OCH3 is 3. The van der Waals surface area contributed by atoms with Crippen LogP contribution in [0.3, 0.4) is 0 Å². The van der Waals surface area contributed by atoms with Crippen LogP contribution in [0, 0.1) is 0 Å². The predicted octanol–water partition coefficient (Wildman–Crippen LogP) is 6.28. The van der Waals surface area contributed by atoms with E-state index < -0.39 is 11.7 Å². The Morgan fingerprint density at radius 3 is 1.91 bits per heavy atom. The predicted molar refractivity (Wildman–Crippen MR) is 154 cm³/mol. The van der Waals surface area contributed by atoms with Crippen molar-refractivity contribution in [2.24, 2.45) is 0 Å². The number of piperazine rings is 1. The van der Waals surface area contributed by atoms with Crippen molar-refractivity contribution in [1.82, 2.24) is 15.0 Å². The van der Waals surface area contributed by atoms with Gasteiger partial charge in [0.05, 0.1) is 32.6 Å². The number of rotatable bonds is 11. The van der Waals surface area contributed by atoms with Gasteiger partial charge in [-0.25, -0.2) is 0 Å². The molecule has 1 aliphatic heterocycles. The Morgan fingerprint density at radius 1 is 0.744 bits per heavy atom. The zero-order valence-electron chi connectivity index (χ0n) is 24.3. The van der Waals surface area contributed by atoms with E-state index in [2.05, 4.69) is 15.0 Å². The molecule has 1 aromatic heterocycles. The molecule has 1 saturated heterocycles. The lowest BCUT2D eigenvalue weighted by Crippen LogP contribution is -2.45. The van der Waals surface area contributed by atoms with E-state index in [1.165, 1.54) is 0 Å². The second kappa shape index (κ2) is 13.4. The average Bonchev–Trinajstić information content (AvgIpc) is 3.49. The van der Waals surface area contributed by atoms with Crippen LogP contribution in [0.1, 0.15) is 22.4 Å². The molecule has 1 fully saturated rings. The fourth-order valence-electron chi connectivity index (χ4n) is 5.02. The van der Waals surface area contributed by atoms with Gasteiger partial charge >= 0.3 is 6.18 Å². The lowest BCUT2D eigenvalue weighted by Gasteiger charge is -2.34. The maximum absolute atomic E-state index is 12.8. The minimum atomic E-state index is -4.31. The Kier molecular flexibility index (Phi) is 9.42. The van der Waals surface area contributed by atoms with Crippen LogP contribution in [0.5, 0.6) is 23.0 Å². The van der Waals surface area contributed by atoms with E-state index >= 15 is 0 Å². The molecule has 0 amide bonds. The van der Waals surface area contributed by atoms with E-state index in [4.69, 9.17) is 23.5 Å². The van der Waals surface area contributed by atoms with Gasteiger partial charge in [-0.1, -0.05) is 17.3 Å². The van der Waals surface area contributed by atoms with Crippen molar-refractivity contribution in [2.45, 2.75) is 25.9 Å². The monoisotopic (exact) mass is 597 g/mol. The van der Waals surface area contributed by atoms with E-state index in [1.54, 1.807) is 33.5 Å². The van der Waals surface area contributed by atoms with Crippen LogP contribution in [0.4, 0.5) is 13.2 Å². The minimum Gasteiger partial charge on any atom is -0.493 e. The maximum Gasteiger partial charge on any atom is 0.416 e. The molecule has 4 aromatic rings. The van der Waals surface area contributed by atoms with E-state index in [0.29, 0.717) is 48.5 Å². The number of hydrogen-bond donors (Lipinski definition) is 0. The zero-order valence-corrected chi connectivity index (χ0v) is 24.3. The Bertz CT molecular complexity index is 1460. The Labute approximate surface area is 248 Å². The van der Waals surface area contributed by atoms with Gasteiger partial charge in [-0.3, -0.25) is 9.80 Å². The number of nitrogens with zero attached hydrogens (tertiary/aromatic N) is 3. The number of alkyl halides is 3. The van der Waals surface area contributed by atoms with Gasteiger partial charge in [0.1, 0.15) is 12.4 Å². The molecular weight excluding hydrogens is 563 g/mol. The summed E-state index contributed by atoms with van der Waals surface area (Å²) in [5, 5.41) is 4.26. The molecule has 2 heterocycles. The summed E-state index contributed by atoms with van der Waals surface area (Å²) in [5.41, 5.74) is 2.86. The molecule has 0 saturated carbocycles. The number of benzene rings is 3. The Morgan fingerprint density at radius 2 is 1.35 bits per heavy atom. The highest BCUT2D eigenvalue weighted by Crippen LogP contribution is 2.38. The second-order valence-electron chi connectivity index (χ2n) is 10.3. The van der Waals surface area contributed by atoms with Gasteiger partial charge in [-0.2, -0.15) is 13.2 Å². The second-order valence-corrected chi connectivity index (χ2v) is 10.3. The first-order valence-corrected chi connectivity index (χ1v) is 13.8. The maximum atomic E-state index is 12.8. The van der Waals surface area contributed by atoms with Crippen molar-refractivity contribution in [3.63, 3.8) is 0 Å². The number of halogens is 3. The highest BCUT2D eigenvalue weighted by atomic mass is 19.4. The average molecular weight is 598 g/mol. The summed E-state index contributed by atoms with van der Waals surface area (Å²) in [7, 11) is 4.71. The number of aromatic nitrogens is 1. The molecule has 228 valence electrons. The van der Waals surface area contributed by atoms with Crippen molar-refractivity contribution in [1.29, 1.82) is 0 Å². The van der Waals surface area contributed by atoms with Gasteiger partial charge in [0, 0.05) is 50.9 Å². The minimum absolute atomic E-state index is 0.320. The van der Waals surface area contributed by atoms with E-state index in [1.807, 2.05) is 42.5 Å². The summed E-state index contributed by atoms with van der Waals surface area (Å²) in [6, 6.07) is 18.7. The van der Waals surface area contributed by atoms with Crippen LogP contribution >= 0.6 is 0 Å². The van der Waals surface area contributed by atoms with Crippen molar-refractivity contribution in [3.05, 3.63) is 89.1 Å². The molecule has 0 aliphatic carbocycles. The molecule has 0 bridgehead atoms. The topological polar surface area (TPSA) is 69.4 Å². The van der Waals surface area contributed by atoms with Crippen LogP contribution in [0.2, 0.25) is 0 Å². The highest BCUT2D eigenvalue weighted by Gasteiger charge is 2.30. The van der Waals surface area contributed by atoms with E-state index in [9.17, 15) is 13.2 Å². The molecule has 0 atom stereocenters. The third-order valence-corrected chi connectivity index (χ3v) is 7.37. The highest BCUT2D eigenvalue weighted by molar-refractivity contribution is 5.58. The molecule has 43 heavy (non-hydrogen) atoms. The molecule has 11 heteroatoms. The molecule has 8 nitrogen and oxygen atoms in total. The van der Waals surface area contributed by atoms with E-state index in [0.717, 1.165) is 60.7 Å². The third-order valence-electron chi connectivity index (χ3n) is 7.37. The quantitative estimate of drug-likeness (QED) is 0.200. The third kappa shape index (κ3) is 7.60. The van der Waals surface area contributed by atoms with Gasteiger partial charge in [0.25, 0.3) is 0 Å². The van der Waals surface area contributed by atoms with Crippen molar-refractivity contribution in [2.75, 3.05) is 47.5 Å². The lowest BCUT2D eigenvalue weighted by atomic mass is 10.1. The van der Waals surface area contributed by atoms with E-state index in [-0.39, 0.29) is 0 Å². The van der Waals surface area contributed by atoms with Crippen molar-refractivity contribution >= 4 is 0 Å². The standard InChI is InChI=1S/C32H34F3N3O5/c1-39-29-16-23(17-30(40-2)31(29)41-3)21-42-27-10-6-24(7-11-27)28-18-26(36-43-28)20-38-14-12-37(13-15-38)19-22-4-8-25(9-5-22)32(33,34)35/h4-11,16-18H,12-15,19-21H2,1-3H3. The molecule has 0 N–H and O–H groups in total. The normalized spacial score (nSPS) is 14.5. The number of hydrogen-bond acceptors (Lipinski definition) is 8. The van der Waals surface area contributed by atoms with Gasteiger partial charge in [-0.05, 0) is 59.7 Å². The lowest BCUT2D eigenvalue weighted by molar-refractivity contribution is -0.137. The molecule has 1 aliphatic rings. The fourth-order valence-corrected chi connectivity index (χ4v) is 5.02. The first-order chi connectivity index (χ1) is 20.7. The van der Waals surface area contributed by atoms with Crippen molar-refractivity contribution in [3.8, 4) is 34.3 Å².